The van der Waals surface area contributed by atoms with E-state index in [-0.39, 0.29) is 22.8 Å². The second-order valence-electron chi connectivity index (χ2n) is 5.79. The number of rotatable bonds is 5. The summed E-state index contributed by atoms with van der Waals surface area (Å²) >= 11 is 3.26. The summed E-state index contributed by atoms with van der Waals surface area (Å²) in [5.41, 5.74) is 1.09. The van der Waals surface area contributed by atoms with Gasteiger partial charge in [0.2, 0.25) is 0 Å². The number of benzene rings is 2. The Kier molecular flexibility index (Phi) is 5.22. The molecule has 2 aromatic carbocycles. The van der Waals surface area contributed by atoms with Gasteiger partial charge in [-0.05, 0) is 34.5 Å². The molecule has 27 heavy (non-hydrogen) atoms. The Hall–Kier alpha value is -3.20. The first-order chi connectivity index (χ1) is 12.8. The van der Waals surface area contributed by atoms with E-state index in [9.17, 15) is 14.9 Å². The molecule has 9 heteroatoms. The van der Waals surface area contributed by atoms with Gasteiger partial charge in [-0.1, -0.05) is 18.2 Å². The fourth-order valence-corrected chi connectivity index (χ4v) is 2.98. The van der Waals surface area contributed by atoms with Crippen molar-refractivity contribution >= 4 is 33.2 Å². The van der Waals surface area contributed by atoms with E-state index in [1.807, 2.05) is 19.1 Å². The number of nitro benzene ring substituents is 1. The molecule has 8 nitrogen and oxygen atoms in total. The molecule has 0 aliphatic carbocycles. The quantitative estimate of drug-likeness (QED) is 0.476. The molecule has 0 radical (unpaired) electrons. The number of non-ortho nitro benzene ring substituents is 1. The van der Waals surface area contributed by atoms with Crippen LogP contribution in [0.3, 0.4) is 0 Å². The highest BCUT2D eigenvalue weighted by Gasteiger charge is 2.18. The van der Waals surface area contributed by atoms with Gasteiger partial charge >= 0.3 is 0 Å². The number of aromatic nitrogens is 2. The Bertz CT molecular complexity index is 1030. The molecule has 0 spiro atoms. The maximum Gasteiger partial charge on any atom is 0.277 e. The van der Waals surface area contributed by atoms with Crippen molar-refractivity contribution in [2.45, 2.75) is 6.92 Å². The Balaban J connectivity index is 1.92. The topological polar surface area (TPSA) is 99.3 Å². The van der Waals surface area contributed by atoms with Crippen LogP contribution in [0.25, 0.3) is 0 Å². The summed E-state index contributed by atoms with van der Waals surface area (Å²) in [6, 6.07) is 11.4. The molecule has 0 unspecified atom stereocenters. The van der Waals surface area contributed by atoms with Crippen molar-refractivity contribution in [3.05, 3.63) is 74.5 Å². The first-order valence-electron chi connectivity index (χ1n) is 7.87. The molecule has 0 bridgehead atoms. The normalized spacial score (nSPS) is 10.5. The minimum Gasteiger partial charge on any atom is -0.457 e. The lowest BCUT2D eigenvalue weighted by atomic mass is 10.2. The number of anilines is 1. The van der Waals surface area contributed by atoms with Crippen LogP contribution in [-0.2, 0) is 7.05 Å². The number of carbonyl (C=O) groups is 1. The first-order valence-corrected chi connectivity index (χ1v) is 8.66. The van der Waals surface area contributed by atoms with Crippen LogP contribution < -0.4 is 10.1 Å². The first kappa shape index (κ1) is 18.6. The molecule has 1 N–H and O–H groups in total. The Morgan fingerprint density at radius 1 is 1.30 bits per heavy atom. The van der Waals surface area contributed by atoms with Crippen molar-refractivity contribution in [1.82, 2.24) is 9.78 Å². The van der Waals surface area contributed by atoms with Gasteiger partial charge < -0.3 is 10.1 Å². The van der Waals surface area contributed by atoms with E-state index in [0.717, 1.165) is 5.56 Å². The average molecular weight is 431 g/mol. The number of halogens is 1. The molecule has 1 amide bonds. The van der Waals surface area contributed by atoms with Crippen LogP contribution in [0.15, 0.2) is 53.1 Å². The van der Waals surface area contributed by atoms with E-state index in [1.54, 1.807) is 25.4 Å². The third-order valence-corrected chi connectivity index (χ3v) is 4.26. The van der Waals surface area contributed by atoms with E-state index in [0.29, 0.717) is 10.2 Å². The van der Waals surface area contributed by atoms with Crippen molar-refractivity contribution in [3.63, 3.8) is 0 Å². The maximum absolute atomic E-state index is 12.4. The summed E-state index contributed by atoms with van der Waals surface area (Å²) in [6.07, 6.45) is 1.63. The number of amides is 1. The van der Waals surface area contributed by atoms with Gasteiger partial charge in [-0.15, -0.1) is 0 Å². The molecule has 1 heterocycles. The van der Waals surface area contributed by atoms with Crippen LogP contribution in [0.2, 0.25) is 0 Å². The van der Waals surface area contributed by atoms with Gasteiger partial charge in [0.1, 0.15) is 11.5 Å². The number of nitrogens with zero attached hydrogens (tertiary/aromatic N) is 3. The van der Waals surface area contributed by atoms with Gasteiger partial charge in [0, 0.05) is 25.4 Å². The summed E-state index contributed by atoms with van der Waals surface area (Å²) in [4.78, 5) is 23.1. The number of nitro groups is 1. The predicted octanol–water partition coefficient (Wildman–Crippen LogP) is 4.44. The number of aryl methyl sites for hydroxylation is 2. The Morgan fingerprint density at radius 2 is 2.04 bits per heavy atom. The zero-order valence-electron chi connectivity index (χ0n) is 14.5. The van der Waals surface area contributed by atoms with Crippen LogP contribution in [0.1, 0.15) is 16.1 Å². The average Bonchev–Trinajstić information content (AvgIpc) is 2.95. The second kappa shape index (κ2) is 7.58. The number of ether oxygens (including phenoxy) is 1. The van der Waals surface area contributed by atoms with Crippen LogP contribution in [0.4, 0.5) is 11.4 Å². The van der Waals surface area contributed by atoms with E-state index in [4.69, 9.17) is 4.74 Å². The van der Waals surface area contributed by atoms with Crippen molar-refractivity contribution < 1.29 is 14.5 Å². The third-order valence-electron chi connectivity index (χ3n) is 3.68. The van der Waals surface area contributed by atoms with Gasteiger partial charge in [-0.25, -0.2) is 0 Å². The van der Waals surface area contributed by atoms with E-state index >= 15 is 0 Å². The van der Waals surface area contributed by atoms with Crippen LogP contribution in [0.5, 0.6) is 11.5 Å². The fraction of sp³-hybridized carbons (Fsp3) is 0.111. The Labute approximate surface area is 163 Å². The molecule has 0 fully saturated rings. The minimum absolute atomic E-state index is 0.172. The number of carbonyl (C=O) groups excluding carboxylic acids is 1. The summed E-state index contributed by atoms with van der Waals surface area (Å²) in [7, 11) is 1.68. The zero-order valence-corrected chi connectivity index (χ0v) is 16.1. The SMILES string of the molecule is Cc1ccccc1Oc1cc(NC(=O)c2nn(C)cc2Br)cc([N+](=O)[O-])c1. The summed E-state index contributed by atoms with van der Waals surface area (Å²) in [5, 5.41) is 17.9. The van der Waals surface area contributed by atoms with Crippen LogP contribution in [-0.4, -0.2) is 20.6 Å². The van der Waals surface area contributed by atoms with Gasteiger partial charge in [-0.3, -0.25) is 19.6 Å². The molecule has 3 aromatic rings. The molecule has 3 rings (SSSR count). The van der Waals surface area contributed by atoms with Crippen molar-refractivity contribution in [2.75, 3.05) is 5.32 Å². The molecule has 0 atom stereocenters. The van der Waals surface area contributed by atoms with Crippen molar-refractivity contribution in [1.29, 1.82) is 0 Å². The van der Waals surface area contributed by atoms with Gasteiger partial charge in [0.15, 0.2) is 5.69 Å². The standard InChI is InChI=1S/C18H15BrN4O4/c1-11-5-3-4-6-16(11)27-14-8-12(7-13(9-14)23(25)26)20-18(24)17-15(19)10-22(2)21-17/h3-10H,1-2H3,(H,20,24). The number of nitrogens with one attached hydrogen (secondary N) is 1. The maximum atomic E-state index is 12.4. The highest BCUT2D eigenvalue weighted by Crippen LogP contribution is 2.31. The summed E-state index contributed by atoms with van der Waals surface area (Å²) < 4.78 is 7.77. The predicted molar refractivity (Wildman–Crippen MR) is 103 cm³/mol. The lowest BCUT2D eigenvalue weighted by Crippen LogP contribution is -2.13. The highest BCUT2D eigenvalue weighted by atomic mass is 79.9. The monoisotopic (exact) mass is 430 g/mol. The van der Waals surface area contributed by atoms with Crippen LogP contribution >= 0.6 is 15.9 Å². The molecule has 0 aliphatic heterocycles. The molecule has 0 aliphatic rings. The highest BCUT2D eigenvalue weighted by molar-refractivity contribution is 9.10. The van der Waals surface area contributed by atoms with Crippen molar-refractivity contribution in [3.8, 4) is 11.5 Å². The fourth-order valence-electron chi connectivity index (χ4n) is 2.42. The molecular formula is C18H15BrN4O4. The summed E-state index contributed by atoms with van der Waals surface area (Å²) in [6.45, 7) is 1.87. The lowest BCUT2D eigenvalue weighted by Gasteiger charge is -2.10. The number of hydrogen-bond acceptors (Lipinski definition) is 5. The number of para-hydroxylation sites is 1. The molecule has 0 saturated heterocycles. The van der Waals surface area contributed by atoms with Gasteiger partial charge in [0.25, 0.3) is 11.6 Å². The van der Waals surface area contributed by atoms with Crippen LogP contribution in [0, 0.1) is 17.0 Å². The molecule has 138 valence electrons. The molecular weight excluding hydrogens is 416 g/mol. The van der Waals surface area contributed by atoms with E-state index in [2.05, 4.69) is 26.3 Å². The zero-order chi connectivity index (χ0) is 19.6. The molecule has 0 saturated carbocycles. The van der Waals surface area contributed by atoms with E-state index in [1.165, 1.54) is 22.9 Å². The lowest BCUT2D eigenvalue weighted by molar-refractivity contribution is -0.384. The smallest absolute Gasteiger partial charge is 0.277 e. The van der Waals surface area contributed by atoms with Gasteiger partial charge in [0.05, 0.1) is 21.1 Å². The minimum atomic E-state index is -0.545. The Morgan fingerprint density at radius 3 is 2.67 bits per heavy atom. The van der Waals surface area contributed by atoms with E-state index < -0.39 is 10.8 Å². The molecule has 1 aromatic heterocycles. The van der Waals surface area contributed by atoms with Crippen molar-refractivity contribution in [2.24, 2.45) is 7.05 Å². The largest absolute Gasteiger partial charge is 0.457 e. The van der Waals surface area contributed by atoms with Gasteiger partial charge in [-0.2, -0.15) is 5.10 Å². The number of hydrogen-bond donors (Lipinski definition) is 1. The second-order valence-corrected chi connectivity index (χ2v) is 6.65. The third kappa shape index (κ3) is 4.32. The summed E-state index contributed by atoms with van der Waals surface area (Å²) in [5.74, 6) is 0.321.